The molecule has 2 N–H and O–H groups in total. The summed E-state index contributed by atoms with van der Waals surface area (Å²) in [5, 5.41) is 6.80. The monoisotopic (exact) mass is 459 g/mol. The Labute approximate surface area is 196 Å². The zero-order valence-corrected chi connectivity index (χ0v) is 18.8. The molecular weight excluding hydrogens is 434 g/mol. The van der Waals surface area contributed by atoms with Crippen molar-refractivity contribution in [1.82, 2.24) is 14.9 Å². The number of nitrogens with one attached hydrogen (secondary N) is 2. The van der Waals surface area contributed by atoms with E-state index in [1.807, 2.05) is 0 Å². The Hall–Kier alpha value is -4.27. The van der Waals surface area contributed by atoms with Crippen molar-refractivity contribution in [2.75, 3.05) is 30.8 Å². The number of benzene rings is 2. The minimum Gasteiger partial charge on any atom is -0.465 e. The number of piperidine rings is 1. The van der Waals surface area contributed by atoms with Crippen LogP contribution in [0.4, 0.5) is 11.6 Å². The predicted octanol–water partition coefficient (Wildman–Crippen LogP) is 3.26. The van der Waals surface area contributed by atoms with Crippen LogP contribution in [0.15, 0.2) is 61.3 Å². The molecule has 0 aliphatic carbocycles. The van der Waals surface area contributed by atoms with Crippen LogP contribution < -0.4 is 10.6 Å². The molecule has 1 aliphatic rings. The van der Waals surface area contributed by atoms with Gasteiger partial charge in [0.15, 0.2) is 0 Å². The van der Waals surface area contributed by atoms with Crippen molar-refractivity contribution in [3.63, 3.8) is 0 Å². The first kappa shape index (κ1) is 22.9. The molecule has 0 spiro atoms. The Bertz CT molecular complexity index is 1240. The predicted molar refractivity (Wildman–Crippen MR) is 129 cm³/mol. The van der Waals surface area contributed by atoms with E-state index in [2.05, 4.69) is 27.2 Å². The lowest BCUT2D eigenvalue weighted by molar-refractivity contribution is -0.111. The number of nitrogens with zero attached hydrogens (tertiary/aromatic N) is 3. The van der Waals surface area contributed by atoms with Crippen LogP contribution in [-0.4, -0.2) is 58.9 Å². The van der Waals surface area contributed by atoms with Crippen LogP contribution in [-0.2, 0) is 9.53 Å². The van der Waals surface area contributed by atoms with Gasteiger partial charge in [0.1, 0.15) is 0 Å². The van der Waals surface area contributed by atoms with Crippen LogP contribution >= 0.6 is 0 Å². The van der Waals surface area contributed by atoms with E-state index in [1.165, 1.54) is 13.2 Å². The summed E-state index contributed by atoms with van der Waals surface area (Å²) in [5.41, 5.74) is 2.20. The molecule has 2 heterocycles. The minimum atomic E-state index is -0.424. The number of ether oxygens (including phenoxy) is 1. The number of amides is 2. The first-order chi connectivity index (χ1) is 16.5. The number of likely N-dealkylation sites (tertiary alicyclic amines) is 1. The fourth-order valence-corrected chi connectivity index (χ4v) is 3.87. The molecule has 0 saturated carbocycles. The van der Waals surface area contributed by atoms with Gasteiger partial charge in [-0.2, -0.15) is 0 Å². The lowest BCUT2D eigenvalue weighted by Crippen LogP contribution is -2.45. The van der Waals surface area contributed by atoms with Crippen molar-refractivity contribution in [2.24, 2.45) is 0 Å². The van der Waals surface area contributed by atoms with E-state index < -0.39 is 5.97 Å². The average Bonchev–Trinajstić information content (AvgIpc) is 2.88. The van der Waals surface area contributed by atoms with Gasteiger partial charge in [0, 0.05) is 42.0 Å². The zero-order valence-electron chi connectivity index (χ0n) is 18.8. The number of hydrogen-bond acceptors (Lipinski definition) is 7. The summed E-state index contributed by atoms with van der Waals surface area (Å²) < 4.78 is 4.78. The van der Waals surface area contributed by atoms with Crippen LogP contribution in [0.5, 0.6) is 0 Å². The summed E-state index contributed by atoms with van der Waals surface area (Å²) in [4.78, 5) is 47.0. The number of carbonyl (C=O) groups excluding carboxylic acids is 3. The summed E-state index contributed by atoms with van der Waals surface area (Å²) in [7, 11) is 1.34. The van der Waals surface area contributed by atoms with Gasteiger partial charge >= 0.3 is 5.97 Å². The van der Waals surface area contributed by atoms with Gasteiger partial charge in [-0.25, -0.2) is 14.8 Å². The summed E-state index contributed by atoms with van der Waals surface area (Å²) in [6.45, 7) is 4.59. The molecular formula is C25H25N5O4. The highest BCUT2D eigenvalue weighted by Gasteiger charge is 2.25. The molecule has 1 aliphatic heterocycles. The third-order valence-electron chi connectivity index (χ3n) is 5.63. The molecule has 174 valence electrons. The molecule has 1 saturated heterocycles. The Kier molecular flexibility index (Phi) is 6.82. The number of fused-ring (bicyclic) bond motifs is 1. The van der Waals surface area contributed by atoms with E-state index in [1.54, 1.807) is 53.6 Å². The Morgan fingerprint density at radius 2 is 1.91 bits per heavy atom. The molecule has 34 heavy (non-hydrogen) atoms. The first-order valence-corrected chi connectivity index (χ1v) is 10.9. The number of methoxy groups -OCH3 is 1. The maximum atomic E-state index is 13.0. The molecule has 4 rings (SSSR count). The van der Waals surface area contributed by atoms with Gasteiger partial charge in [-0.15, -0.1) is 0 Å². The molecule has 1 aromatic heterocycles. The van der Waals surface area contributed by atoms with Gasteiger partial charge in [-0.05, 0) is 55.3 Å². The quantitative estimate of drug-likeness (QED) is 0.430. The highest BCUT2D eigenvalue weighted by atomic mass is 16.5. The van der Waals surface area contributed by atoms with Crippen molar-refractivity contribution in [2.45, 2.75) is 18.9 Å². The van der Waals surface area contributed by atoms with Crippen molar-refractivity contribution in [3.8, 4) is 0 Å². The average molecular weight is 460 g/mol. The molecule has 3 aromatic rings. The Morgan fingerprint density at radius 3 is 2.65 bits per heavy atom. The molecule has 1 unspecified atom stereocenters. The van der Waals surface area contributed by atoms with E-state index in [0.717, 1.165) is 18.2 Å². The van der Waals surface area contributed by atoms with Crippen LogP contribution in [0.25, 0.3) is 10.9 Å². The molecule has 9 nitrogen and oxygen atoms in total. The second kappa shape index (κ2) is 10.1. The maximum absolute atomic E-state index is 13.0. The summed E-state index contributed by atoms with van der Waals surface area (Å²) in [6, 6.07) is 11.9. The number of carbonyl (C=O) groups is 3. The summed E-state index contributed by atoms with van der Waals surface area (Å²) in [5.74, 6) is -0.361. The number of rotatable bonds is 6. The summed E-state index contributed by atoms with van der Waals surface area (Å²) >= 11 is 0. The second-order valence-corrected chi connectivity index (χ2v) is 7.96. The van der Waals surface area contributed by atoms with Crippen LogP contribution in [0.1, 0.15) is 33.6 Å². The molecule has 1 atom stereocenters. The van der Waals surface area contributed by atoms with Gasteiger partial charge in [-0.3, -0.25) is 9.59 Å². The van der Waals surface area contributed by atoms with Crippen molar-refractivity contribution in [1.29, 1.82) is 0 Å². The third kappa shape index (κ3) is 5.20. The van der Waals surface area contributed by atoms with Crippen molar-refractivity contribution < 1.29 is 19.1 Å². The standard InChI is InChI=1S/C25H25N5O4/c1-3-22(31)27-19-10-8-16(9-11-19)23(32)30-12-4-5-20(15-30)28-25-26-14-18-7-6-17(24(33)34-2)13-21(18)29-25/h3,6-11,13-14,20H,1,4-5,12,15H2,2H3,(H,27,31)(H,26,28,29). The normalized spacial score (nSPS) is 15.4. The first-order valence-electron chi connectivity index (χ1n) is 10.9. The SMILES string of the molecule is C=CC(=O)Nc1ccc(C(=O)N2CCCC(Nc3ncc4ccc(C(=O)OC)cc4n3)C2)cc1. The van der Waals surface area contributed by atoms with Gasteiger partial charge in [-0.1, -0.05) is 12.6 Å². The maximum Gasteiger partial charge on any atom is 0.337 e. The number of aromatic nitrogens is 2. The fraction of sp³-hybridized carbons (Fsp3) is 0.240. The highest BCUT2D eigenvalue weighted by Crippen LogP contribution is 2.20. The van der Waals surface area contributed by atoms with Crippen LogP contribution in [0, 0.1) is 0 Å². The largest absolute Gasteiger partial charge is 0.465 e. The van der Waals surface area contributed by atoms with Gasteiger partial charge in [0.25, 0.3) is 5.91 Å². The molecule has 1 fully saturated rings. The number of esters is 1. The Balaban J connectivity index is 1.43. The van der Waals surface area contributed by atoms with Gasteiger partial charge in [0.05, 0.1) is 18.2 Å². The smallest absolute Gasteiger partial charge is 0.337 e. The fourth-order valence-electron chi connectivity index (χ4n) is 3.87. The highest BCUT2D eigenvalue weighted by molar-refractivity contribution is 6.00. The van der Waals surface area contributed by atoms with E-state index in [9.17, 15) is 14.4 Å². The van der Waals surface area contributed by atoms with Crippen molar-refractivity contribution >= 4 is 40.3 Å². The molecule has 2 aromatic carbocycles. The second-order valence-electron chi connectivity index (χ2n) is 7.96. The lowest BCUT2D eigenvalue weighted by Gasteiger charge is -2.33. The molecule has 9 heteroatoms. The van der Waals surface area contributed by atoms with E-state index in [4.69, 9.17) is 4.74 Å². The molecule has 2 amide bonds. The Morgan fingerprint density at radius 1 is 1.15 bits per heavy atom. The third-order valence-corrected chi connectivity index (χ3v) is 5.63. The van der Waals surface area contributed by atoms with Gasteiger partial charge < -0.3 is 20.3 Å². The van der Waals surface area contributed by atoms with Crippen molar-refractivity contribution in [3.05, 3.63) is 72.4 Å². The van der Waals surface area contributed by atoms with Crippen LogP contribution in [0.3, 0.4) is 0 Å². The van der Waals surface area contributed by atoms with E-state index in [-0.39, 0.29) is 17.9 Å². The van der Waals surface area contributed by atoms with E-state index >= 15 is 0 Å². The summed E-state index contributed by atoms with van der Waals surface area (Å²) in [6.07, 6.45) is 4.61. The molecule has 0 bridgehead atoms. The molecule has 0 radical (unpaired) electrons. The topological polar surface area (TPSA) is 114 Å². The van der Waals surface area contributed by atoms with E-state index in [0.29, 0.717) is 41.4 Å². The van der Waals surface area contributed by atoms with Gasteiger partial charge in [0.2, 0.25) is 11.9 Å². The van der Waals surface area contributed by atoms with Crippen LogP contribution in [0.2, 0.25) is 0 Å². The number of hydrogen-bond donors (Lipinski definition) is 2. The number of anilines is 2. The zero-order chi connectivity index (χ0) is 24.1. The lowest BCUT2D eigenvalue weighted by atomic mass is 10.0. The minimum absolute atomic E-state index is 0.00917.